The fourth-order valence-corrected chi connectivity index (χ4v) is 4.04. The van der Waals surface area contributed by atoms with Crippen molar-refractivity contribution in [2.45, 2.75) is 43.6 Å². The molecule has 1 aliphatic heterocycles. The number of fused-ring (bicyclic) bond motifs is 2. The van der Waals surface area contributed by atoms with Crippen LogP contribution in [0.15, 0.2) is 43.0 Å². The van der Waals surface area contributed by atoms with Crippen LogP contribution in [0.3, 0.4) is 0 Å². The number of nitrogens with zero attached hydrogens (tertiary/aromatic N) is 1. The van der Waals surface area contributed by atoms with Crippen LogP contribution in [-0.4, -0.2) is 46.2 Å². The van der Waals surface area contributed by atoms with Gasteiger partial charge in [-0.15, -0.1) is 6.58 Å². The average molecular weight is 331 g/mol. The lowest BCUT2D eigenvalue weighted by Gasteiger charge is -2.28. The minimum Gasteiger partial charge on any atom is -0.473 e. The molecule has 5 nitrogen and oxygen atoms in total. The molecule has 0 amide bonds. The number of likely N-dealkylation sites (tertiary alicyclic amines) is 1. The quantitative estimate of drug-likeness (QED) is 0.658. The fraction of sp³-hybridized carbons (Fsp3) is 0.474. The summed E-state index contributed by atoms with van der Waals surface area (Å²) in [6, 6.07) is 12.0. The van der Waals surface area contributed by atoms with E-state index in [4.69, 9.17) is 19.8 Å². The standard InChI is InChI=1S/C17H23N.C2H2O4/c1-2-12-18-13-6-10-17(11-9-16(18)14-17)15-7-4-3-5-8-15;3-1(4)2(5)6/h2-5,7-8,16H,1,6,9-14H2;(H,3,4)(H,5,6). The maximum absolute atomic E-state index is 9.10. The van der Waals surface area contributed by atoms with Crippen LogP contribution < -0.4 is 0 Å². The van der Waals surface area contributed by atoms with Crippen LogP contribution in [0.4, 0.5) is 0 Å². The summed E-state index contributed by atoms with van der Waals surface area (Å²) in [4.78, 5) is 20.8. The molecule has 1 aliphatic carbocycles. The largest absolute Gasteiger partial charge is 0.473 e. The minimum atomic E-state index is -1.82. The smallest absolute Gasteiger partial charge is 0.414 e. The first-order valence-corrected chi connectivity index (χ1v) is 8.35. The monoisotopic (exact) mass is 331 g/mol. The minimum absolute atomic E-state index is 0.474. The van der Waals surface area contributed by atoms with Gasteiger partial charge in [-0.05, 0) is 49.6 Å². The van der Waals surface area contributed by atoms with Gasteiger partial charge in [0.15, 0.2) is 0 Å². The first-order chi connectivity index (χ1) is 11.5. The van der Waals surface area contributed by atoms with Gasteiger partial charge in [0.25, 0.3) is 0 Å². The van der Waals surface area contributed by atoms with Crippen molar-refractivity contribution in [3.05, 3.63) is 48.6 Å². The van der Waals surface area contributed by atoms with E-state index in [2.05, 4.69) is 47.9 Å². The Kier molecular flexibility index (Phi) is 6.15. The molecule has 1 saturated carbocycles. The predicted octanol–water partition coefficient (Wildman–Crippen LogP) is 2.91. The van der Waals surface area contributed by atoms with E-state index < -0.39 is 11.9 Å². The predicted molar refractivity (Wildman–Crippen MR) is 92.0 cm³/mol. The highest BCUT2D eigenvalue weighted by molar-refractivity contribution is 6.27. The highest BCUT2D eigenvalue weighted by atomic mass is 16.4. The van der Waals surface area contributed by atoms with Crippen LogP contribution >= 0.6 is 0 Å². The molecule has 0 spiro atoms. The molecule has 130 valence electrons. The zero-order valence-electron chi connectivity index (χ0n) is 13.9. The van der Waals surface area contributed by atoms with Crippen molar-refractivity contribution in [3.63, 3.8) is 0 Å². The van der Waals surface area contributed by atoms with Gasteiger partial charge in [-0.2, -0.15) is 0 Å². The molecule has 2 N–H and O–H groups in total. The number of hydrogen-bond acceptors (Lipinski definition) is 3. The SMILES string of the molecule is C=CCN1CCCC2(c3ccccc3)CCC1C2.O=C(O)C(=O)O. The van der Waals surface area contributed by atoms with E-state index in [-0.39, 0.29) is 0 Å². The summed E-state index contributed by atoms with van der Waals surface area (Å²) in [5, 5.41) is 14.8. The molecule has 2 bridgehead atoms. The molecule has 2 aliphatic rings. The number of carboxylic acids is 2. The Morgan fingerprint density at radius 1 is 1.21 bits per heavy atom. The maximum Gasteiger partial charge on any atom is 0.414 e. The molecule has 2 unspecified atom stereocenters. The number of benzene rings is 1. The van der Waals surface area contributed by atoms with Crippen LogP contribution in [-0.2, 0) is 15.0 Å². The average Bonchev–Trinajstić information content (AvgIpc) is 2.91. The summed E-state index contributed by atoms with van der Waals surface area (Å²) in [5.41, 5.74) is 2.05. The van der Waals surface area contributed by atoms with Crippen LogP contribution in [0, 0.1) is 0 Å². The Hall–Kier alpha value is -2.14. The van der Waals surface area contributed by atoms with Crippen molar-refractivity contribution < 1.29 is 19.8 Å². The van der Waals surface area contributed by atoms with Gasteiger partial charge in [-0.1, -0.05) is 36.4 Å². The summed E-state index contributed by atoms with van der Waals surface area (Å²) in [7, 11) is 0. The summed E-state index contributed by atoms with van der Waals surface area (Å²) in [6.45, 7) is 6.22. The molecular weight excluding hydrogens is 306 g/mol. The molecule has 3 rings (SSSR count). The molecule has 2 fully saturated rings. The zero-order chi connectivity index (χ0) is 17.6. The van der Waals surface area contributed by atoms with Crippen molar-refractivity contribution in [1.29, 1.82) is 0 Å². The van der Waals surface area contributed by atoms with Gasteiger partial charge in [0.05, 0.1) is 0 Å². The van der Waals surface area contributed by atoms with Crippen molar-refractivity contribution in [2.75, 3.05) is 13.1 Å². The maximum atomic E-state index is 9.10. The number of carbonyl (C=O) groups is 2. The van der Waals surface area contributed by atoms with E-state index in [0.717, 1.165) is 12.6 Å². The Labute approximate surface area is 142 Å². The van der Waals surface area contributed by atoms with Gasteiger partial charge in [0.1, 0.15) is 0 Å². The van der Waals surface area contributed by atoms with Crippen molar-refractivity contribution in [3.8, 4) is 0 Å². The van der Waals surface area contributed by atoms with Crippen LogP contribution in [0.25, 0.3) is 0 Å². The van der Waals surface area contributed by atoms with Gasteiger partial charge in [0.2, 0.25) is 0 Å². The summed E-state index contributed by atoms with van der Waals surface area (Å²) in [5.74, 6) is -3.65. The lowest BCUT2D eigenvalue weighted by molar-refractivity contribution is -0.159. The van der Waals surface area contributed by atoms with Crippen LogP contribution in [0.2, 0.25) is 0 Å². The summed E-state index contributed by atoms with van der Waals surface area (Å²) >= 11 is 0. The fourth-order valence-electron chi connectivity index (χ4n) is 4.04. The third-order valence-corrected chi connectivity index (χ3v) is 5.13. The highest BCUT2D eigenvalue weighted by Gasteiger charge is 2.43. The molecule has 0 aromatic heterocycles. The lowest BCUT2D eigenvalue weighted by atomic mass is 9.75. The molecule has 5 heteroatoms. The van der Waals surface area contributed by atoms with E-state index >= 15 is 0 Å². The zero-order valence-corrected chi connectivity index (χ0v) is 13.9. The molecular formula is C19H25NO4. The lowest BCUT2D eigenvalue weighted by Crippen LogP contribution is -2.33. The summed E-state index contributed by atoms with van der Waals surface area (Å²) in [6.07, 6.45) is 8.84. The number of carboxylic acid groups (broad SMARTS) is 2. The Morgan fingerprint density at radius 3 is 2.46 bits per heavy atom. The first kappa shape index (κ1) is 18.2. The number of rotatable bonds is 3. The third kappa shape index (κ3) is 4.23. The number of aliphatic carboxylic acids is 2. The van der Waals surface area contributed by atoms with Gasteiger partial charge >= 0.3 is 11.9 Å². The molecule has 24 heavy (non-hydrogen) atoms. The Balaban J connectivity index is 0.000000301. The van der Waals surface area contributed by atoms with Crippen LogP contribution in [0.1, 0.15) is 37.7 Å². The summed E-state index contributed by atoms with van der Waals surface area (Å²) < 4.78 is 0. The molecule has 1 aromatic carbocycles. The van der Waals surface area contributed by atoms with Gasteiger partial charge in [-0.3, -0.25) is 4.90 Å². The van der Waals surface area contributed by atoms with Crippen molar-refractivity contribution in [1.82, 2.24) is 4.90 Å². The molecule has 2 atom stereocenters. The van der Waals surface area contributed by atoms with Gasteiger partial charge in [-0.25, -0.2) is 9.59 Å². The molecule has 0 radical (unpaired) electrons. The second kappa shape index (κ2) is 8.11. The Morgan fingerprint density at radius 2 is 1.88 bits per heavy atom. The first-order valence-electron chi connectivity index (χ1n) is 8.35. The molecule has 1 heterocycles. The van der Waals surface area contributed by atoms with Crippen molar-refractivity contribution in [2.24, 2.45) is 0 Å². The number of hydrogen-bond donors (Lipinski definition) is 2. The highest BCUT2D eigenvalue weighted by Crippen LogP contribution is 2.48. The molecule has 1 aromatic rings. The van der Waals surface area contributed by atoms with E-state index in [1.807, 2.05) is 0 Å². The second-order valence-corrected chi connectivity index (χ2v) is 6.54. The second-order valence-electron chi connectivity index (χ2n) is 6.54. The van der Waals surface area contributed by atoms with E-state index in [1.54, 1.807) is 5.56 Å². The molecule has 1 saturated heterocycles. The van der Waals surface area contributed by atoms with Gasteiger partial charge < -0.3 is 10.2 Å². The van der Waals surface area contributed by atoms with E-state index in [9.17, 15) is 0 Å². The third-order valence-electron chi connectivity index (χ3n) is 5.13. The van der Waals surface area contributed by atoms with E-state index in [0.29, 0.717) is 5.41 Å². The van der Waals surface area contributed by atoms with Gasteiger partial charge in [0, 0.05) is 12.6 Å². The Bertz CT molecular complexity index is 574. The van der Waals surface area contributed by atoms with Crippen molar-refractivity contribution >= 4 is 11.9 Å². The van der Waals surface area contributed by atoms with E-state index in [1.165, 1.54) is 38.6 Å². The topological polar surface area (TPSA) is 77.8 Å². The normalized spacial score (nSPS) is 25.9. The van der Waals surface area contributed by atoms with Crippen LogP contribution in [0.5, 0.6) is 0 Å².